The highest BCUT2D eigenvalue weighted by Crippen LogP contribution is 2.35. The molecule has 4 rings (SSSR count). The summed E-state index contributed by atoms with van der Waals surface area (Å²) in [5, 5.41) is 6.43. The molecule has 0 bridgehead atoms. The first-order valence-electron chi connectivity index (χ1n) is 11.9. The van der Waals surface area contributed by atoms with E-state index in [2.05, 4.69) is 10.0 Å². The zero-order valence-corrected chi connectivity index (χ0v) is 20.6. The van der Waals surface area contributed by atoms with E-state index in [4.69, 9.17) is 16.3 Å². The van der Waals surface area contributed by atoms with Crippen molar-refractivity contribution < 1.29 is 18.7 Å². The summed E-state index contributed by atoms with van der Waals surface area (Å²) >= 11 is 6.39. The third-order valence-corrected chi connectivity index (χ3v) is 6.72. The van der Waals surface area contributed by atoms with Crippen molar-refractivity contribution in [3.63, 3.8) is 0 Å². The summed E-state index contributed by atoms with van der Waals surface area (Å²) in [5.74, 6) is -0.868. The first-order chi connectivity index (χ1) is 17.0. The van der Waals surface area contributed by atoms with Crippen molar-refractivity contribution in [1.29, 1.82) is 0 Å². The Kier molecular flexibility index (Phi) is 8.49. The summed E-state index contributed by atoms with van der Waals surface area (Å²) in [6, 6.07) is 13.0. The number of carbonyl (C=O) groups excluding carboxylic acids is 2. The van der Waals surface area contributed by atoms with Gasteiger partial charge in [0.15, 0.2) is 0 Å². The number of ether oxygens (including phenoxy) is 1. The Morgan fingerprint density at radius 3 is 2.57 bits per heavy atom. The first-order valence-corrected chi connectivity index (χ1v) is 12.3. The second-order valence-electron chi connectivity index (χ2n) is 8.63. The van der Waals surface area contributed by atoms with E-state index in [1.165, 1.54) is 11.1 Å². The Labute approximate surface area is 210 Å². The molecule has 1 atom stereocenters. The molecule has 2 aliphatic rings. The van der Waals surface area contributed by atoms with Crippen molar-refractivity contribution in [2.45, 2.75) is 25.8 Å². The summed E-state index contributed by atoms with van der Waals surface area (Å²) in [5.41, 5.74) is 1.70. The quantitative estimate of drug-likeness (QED) is 0.554. The molecule has 2 amide bonds. The molecule has 0 saturated carbocycles. The van der Waals surface area contributed by atoms with E-state index in [9.17, 15) is 14.0 Å². The van der Waals surface area contributed by atoms with Gasteiger partial charge in [0, 0.05) is 55.2 Å². The molecule has 186 valence electrons. The van der Waals surface area contributed by atoms with Crippen molar-refractivity contribution in [2.24, 2.45) is 5.10 Å². The van der Waals surface area contributed by atoms with Gasteiger partial charge in [0.1, 0.15) is 12.4 Å². The van der Waals surface area contributed by atoms with Crippen molar-refractivity contribution in [2.75, 3.05) is 45.9 Å². The molecule has 0 radical (unpaired) electrons. The second-order valence-corrected chi connectivity index (χ2v) is 9.04. The van der Waals surface area contributed by atoms with E-state index < -0.39 is 11.9 Å². The van der Waals surface area contributed by atoms with Crippen LogP contribution in [0, 0.1) is 5.82 Å². The number of rotatable bonds is 8. The molecule has 9 heteroatoms. The molecule has 7 nitrogen and oxygen atoms in total. The Morgan fingerprint density at radius 1 is 1.14 bits per heavy atom. The van der Waals surface area contributed by atoms with Crippen LogP contribution in [0.2, 0.25) is 5.02 Å². The van der Waals surface area contributed by atoms with Gasteiger partial charge < -0.3 is 9.64 Å². The minimum Gasteiger partial charge on any atom is -0.379 e. The van der Waals surface area contributed by atoms with Crippen LogP contribution in [-0.4, -0.2) is 78.3 Å². The number of benzene rings is 2. The number of hydrogen-bond donors (Lipinski definition) is 0. The number of amides is 2. The van der Waals surface area contributed by atoms with Gasteiger partial charge in [0.2, 0.25) is 5.91 Å². The highest BCUT2D eigenvalue weighted by molar-refractivity contribution is 6.34. The zero-order valence-electron chi connectivity index (χ0n) is 19.8. The fourth-order valence-electron chi connectivity index (χ4n) is 4.42. The van der Waals surface area contributed by atoms with Crippen molar-refractivity contribution in [3.8, 4) is 0 Å². The van der Waals surface area contributed by atoms with Gasteiger partial charge in [-0.1, -0.05) is 54.9 Å². The highest BCUT2D eigenvalue weighted by atomic mass is 35.5. The van der Waals surface area contributed by atoms with Crippen molar-refractivity contribution in [3.05, 3.63) is 70.5 Å². The topological polar surface area (TPSA) is 65.5 Å². The molecule has 1 saturated heterocycles. The lowest BCUT2D eigenvalue weighted by atomic mass is 9.98. The molecule has 0 aliphatic carbocycles. The van der Waals surface area contributed by atoms with Crippen LogP contribution in [0.5, 0.6) is 0 Å². The maximum absolute atomic E-state index is 14.8. The van der Waals surface area contributed by atoms with Gasteiger partial charge in [-0.15, -0.1) is 0 Å². The van der Waals surface area contributed by atoms with Gasteiger partial charge in [0.25, 0.3) is 5.91 Å². The van der Waals surface area contributed by atoms with Crippen molar-refractivity contribution in [1.82, 2.24) is 14.8 Å². The lowest BCUT2D eigenvalue weighted by molar-refractivity contribution is -0.141. The number of halogens is 2. The smallest absolute Gasteiger partial charge is 0.262 e. The molecule has 2 heterocycles. The van der Waals surface area contributed by atoms with Crippen LogP contribution in [0.25, 0.3) is 0 Å². The molecule has 2 aliphatic heterocycles. The summed E-state index contributed by atoms with van der Waals surface area (Å²) in [6.07, 6.45) is 0.618. The predicted octanol–water partition coefficient (Wildman–Crippen LogP) is 3.73. The van der Waals surface area contributed by atoms with Crippen LogP contribution in [-0.2, 0) is 14.3 Å². The SMILES string of the molecule is CCC(=O)N(CCN1CCOCC1)CC(=O)N1N=C(c2ccccc2Cl)C[C@H]1c1ccccc1F. The number of carbonyl (C=O) groups is 2. The fraction of sp³-hybridized carbons (Fsp3) is 0.423. The molecule has 0 unspecified atom stereocenters. The van der Waals surface area contributed by atoms with E-state index in [1.807, 2.05) is 18.2 Å². The Hall–Kier alpha value is -2.81. The fourth-order valence-corrected chi connectivity index (χ4v) is 4.67. The minimum absolute atomic E-state index is 0.108. The predicted molar refractivity (Wildman–Crippen MR) is 133 cm³/mol. The third-order valence-electron chi connectivity index (χ3n) is 6.39. The largest absolute Gasteiger partial charge is 0.379 e. The van der Waals surface area contributed by atoms with E-state index in [0.29, 0.717) is 61.0 Å². The maximum Gasteiger partial charge on any atom is 0.262 e. The van der Waals surface area contributed by atoms with E-state index in [0.717, 1.165) is 13.1 Å². The zero-order chi connectivity index (χ0) is 24.8. The van der Waals surface area contributed by atoms with Gasteiger partial charge in [-0.3, -0.25) is 14.5 Å². The van der Waals surface area contributed by atoms with Gasteiger partial charge in [0.05, 0.1) is 25.0 Å². The molecule has 0 spiro atoms. The van der Waals surface area contributed by atoms with Crippen LogP contribution in [0.3, 0.4) is 0 Å². The normalized spacial score (nSPS) is 18.4. The molecule has 1 fully saturated rings. The molecule has 0 aromatic heterocycles. The van der Waals surface area contributed by atoms with Gasteiger partial charge >= 0.3 is 0 Å². The summed E-state index contributed by atoms with van der Waals surface area (Å²) in [4.78, 5) is 30.0. The summed E-state index contributed by atoms with van der Waals surface area (Å²) < 4.78 is 20.2. The van der Waals surface area contributed by atoms with Gasteiger partial charge in [-0.05, 0) is 12.1 Å². The van der Waals surface area contributed by atoms with Crippen LogP contribution < -0.4 is 0 Å². The molecule has 2 aromatic rings. The summed E-state index contributed by atoms with van der Waals surface area (Å²) in [7, 11) is 0. The van der Waals surface area contributed by atoms with E-state index in [-0.39, 0.29) is 18.4 Å². The Balaban J connectivity index is 1.57. The average Bonchev–Trinajstić information content (AvgIpc) is 3.32. The minimum atomic E-state index is -0.618. The van der Waals surface area contributed by atoms with Crippen LogP contribution in [0.15, 0.2) is 53.6 Å². The van der Waals surface area contributed by atoms with Crippen LogP contribution >= 0.6 is 11.6 Å². The molecular weight excluding hydrogens is 471 g/mol. The van der Waals surface area contributed by atoms with Gasteiger partial charge in [-0.25, -0.2) is 9.40 Å². The second kappa shape index (κ2) is 11.7. The number of hydrazone groups is 1. The molecular formula is C26H30ClFN4O3. The van der Waals surface area contributed by atoms with E-state index >= 15 is 0 Å². The first kappa shape index (κ1) is 25.3. The Bertz CT molecular complexity index is 1090. The lowest BCUT2D eigenvalue weighted by Crippen LogP contribution is -2.46. The highest BCUT2D eigenvalue weighted by Gasteiger charge is 2.36. The Morgan fingerprint density at radius 2 is 1.86 bits per heavy atom. The van der Waals surface area contributed by atoms with Crippen LogP contribution in [0.4, 0.5) is 4.39 Å². The lowest BCUT2D eigenvalue weighted by Gasteiger charge is -2.31. The number of hydrogen-bond acceptors (Lipinski definition) is 5. The molecule has 0 N–H and O–H groups in total. The number of morpholine rings is 1. The standard InChI is InChI=1S/C26H30ClFN4O3/c1-2-25(33)31(12-11-30-13-15-35-16-14-30)18-26(34)32-24(20-8-4-6-10-22(20)28)17-23(29-32)19-7-3-5-9-21(19)27/h3-10,24H,2,11-18H2,1H3/t24-/m0/s1. The summed E-state index contributed by atoms with van der Waals surface area (Å²) in [6.45, 7) is 5.67. The van der Waals surface area contributed by atoms with E-state index in [1.54, 1.807) is 36.1 Å². The maximum atomic E-state index is 14.8. The van der Waals surface area contributed by atoms with Crippen molar-refractivity contribution >= 4 is 29.1 Å². The average molecular weight is 501 g/mol. The molecule has 35 heavy (non-hydrogen) atoms. The molecule has 2 aromatic carbocycles. The van der Waals surface area contributed by atoms with Crippen LogP contribution in [0.1, 0.15) is 36.9 Å². The number of nitrogens with zero attached hydrogens (tertiary/aromatic N) is 4. The monoisotopic (exact) mass is 500 g/mol. The third kappa shape index (κ3) is 6.07. The van der Waals surface area contributed by atoms with Gasteiger partial charge in [-0.2, -0.15) is 5.10 Å².